The van der Waals surface area contributed by atoms with Gasteiger partial charge in [0.15, 0.2) is 0 Å². The first-order valence-electron chi connectivity index (χ1n) is 5.54. The summed E-state index contributed by atoms with van der Waals surface area (Å²) in [5, 5.41) is 18.4. The van der Waals surface area contributed by atoms with Gasteiger partial charge in [-0.2, -0.15) is 0 Å². The van der Waals surface area contributed by atoms with Crippen LogP contribution in [-0.2, 0) is 7.05 Å². The predicted octanol–water partition coefficient (Wildman–Crippen LogP) is 0.844. The van der Waals surface area contributed by atoms with Crippen molar-refractivity contribution in [3.05, 3.63) is 52.2 Å². The summed E-state index contributed by atoms with van der Waals surface area (Å²) in [5.74, 6) is -2.87. The molecule has 0 aliphatic rings. The third-order valence-corrected chi connectivity index (χ3v) is 2.79. The van der Waals surface area contributed by atoms with Crippen molar-refractivity contribution in [2.75, 3.05) is 0 Å². The van der Waals surface area contributed by atoms with Gasteiger partial charge in [0, 0.05) is 25.6 Å². The molecule has 2 heterocycles. The topological polar surface area (TPSA) is 109 Å². The van der Waals surface area contributed by atoms with Crippen molar-refractivity contribution in [2.45, 2.75) is 0 Å². The van der Waals surface area contributed by atoms with Gasteiger partial charge in [-0.25, -0.2) is 9.59 Å². The van der Waals surface area contributed by atoms with Crippen LogP contribution in [0.2, 0.25) is 0 Å². The molecule has 2 rings (SSSR count). The zero-order chi connectivity index (χ0) is 14.9. The van der Waals surface area contributed by atoms with Crippen LogP contribution in [0, 0.1) is 0 Å². The first-order valence-corrected chi connectivity index (χ1v) is 5.54. The third kappa shape index (κ3) is 2.16. The summed E-state index contributed by atoms with van der Waals surface area (Å²) in [7, 11) is 1.37. The van der Waals surface area contributed by atoms with Gasteiger partial charge < -0.3 is 14.8 Å². The van der Waals surface area contributed by atoms with E-state index in [4.69, 9.17) is 5.11 Å². The standard InChI is InChI=1S/C13H10N2O5/c1-15-6-8(12(17)18)10(13(19)20)9(11(15)16)7-2-4-14-5-3-7/h2-6H,1H3,(H,17,18)(H,19,20). The first-order chi connectivity index (χ1) is 9.43. The summed E-state index contributed by atoms with van der Waals surface area (Å²) in [4.78, 5) is 38.5. The molecule has 102 valence electrons. The fraction of sp³-hybridized carbons (Fsp3) is 0.0769. The van der Waals surface area contributed by atoms with Crippen molar-refractivity contribution in [1.82, 2.24) is 9.55 Å². The van der Waals surface area contributed by atoms with Crippen molar-refractivity contribution in [3.8, 4) is 11.1 Å². The second-order valence-corrected chi connectivity index (χ2v) is 4.06. The molecule has 7 nitrogen and oxygen atoms in total. The van der Waals surface area contributed by atoms with E-state index < -0.39 is 28.6 Å². The Morgan fingerprint density at radius 3 is 2.25 bits per heavy atom. The number of aromatic nitrogens is 2. The summed E-state index contributed by atoms with van der Waals surface area (Å²) in [6.45, 7) is 0. The Balaban J connectivity index is 2.95. The van der Waals surface area contributed by atoms with Gasteiger partial charge in [-0.15, -0.1) is 0 Å². The van der Waals surface area contributed by atoms with E-state index >= 15 is 0 Å². The Labute approximate surface area is 112 Å². The van der Waals surface area contributed by atoms with Crippen molar-refractivity contribution in [2.24, 2.45) is 7.05 Å². The molecule has 0 saturated carbocycles. The number of aromatic carboxylic acids is 2. The Kier molecular flexibility index (Phi) is 3.34. The number of aryl methyl sites for hydroxylation is 1. The number of hydrogen-bond acceptors (Lipinski definition) is 4. The Morgan fingerprint density at radius 1 is 1.15 bits per heavy atom. The van der Waals surface area contributed by atoms with Gasteiger partial charge in [0.2, 0.25) is 0 Å². The number of carbonyl (C=O) groups is 2. The normalized spacial score (nSPS) is 10.2. The molecular weight excluding hydrogens is 264 g/mol. The lowest BCUT2D eigenvalue weighted by Crippen LogP contribution is -2.25. The maximum Gasteiger partial charge on any atom is 0.338 e. The molecular formula is C13H10N2O5. The molecule has 2 aromatic rings. The zero-order valence-electron chi connectivity index (χ0n) is 10.4. The van der Waals surface area contributed by atoms with Gasteiger partial charge in [-0.1, -0.05) is 0 Å². The van der Waals surface area contributed by atoms with Crippen molar-refractivity contribution >= 4 is 11.9 Å². The summed E-state index contributed by atoms with van der Waals surface area (Å²) < 4.78 is 1.05. The molecule has 0 saturated heterocycles. The molecule has 0 amide bonds. The van der Waals surface area contributed by atoms with E-state index in [1.165, 1.54) is 31.6 Å². The lowest BCUT2D eigenvalue weighted by atomic mass is 9.98. The quantitative estimate of drug-likeness (QED) is 0.858. The molecule has 2 N–H and O–H groups in total. The summed E-state index contributed by atoms with van der Waals surface area (Å²) >= 11 is 0. The highest BCUT2D eigenvalue weighted by molar-refractivity contribution is 6.06. The number of rotatable bonds is 3. The average Bonchev–Trinajstić information content (AvgIpc) is 2.41. The van der Waals surface area contributed by atoms with Gasteiger partial charge in [0.05, 0.1) is 16.7 Å². The smallest absolute Gasteiger partial charge is 0.338 e. The van der Waals surface area contributed by atoms with E-state index in [0.717, 1.165) is 10.8 Å². The van der Waals surface area contributed by atoms with Crippen molar-refractivity contribution < 1.29 is 19.8 Å². The van der Waals surface area contributed by atoms with Crippen molar-refractivity contribution in [1.29, 1.82) is 0 Å². The maximum atomic E-state index is 12.2. The monoisotopic (exact) mass is 274 g/mol. The minimum absolute atomic E-state index is 0.165. The van der Waals surface area contributed by atoms with E-state index in [2.05, 4.69) is 4.98 Å². The largest absolute Gasteiger partial charge is 0.478 e. The van der Waals surface area contributed by atoms with Crippen LogP contribution < -0.4 is 5.56 Å². The molecule has 0 aliphatic heterocycles. The predicted molar refractivity (Wildman–Crippen MR) is 68.8 cm³/mol. The summed E-state index contributed by atoms with van der Waals surface area (Å²) in [6.07, 6.45) is 3.79. The van der Waals surface area contributed by atoms with E-state index in [1.807, 2.05) is 0 Å². The summed E-state index contributed by atoms with van der Waals surface area (Å²) in [5.41, 5.74) is -1.40. The number of hydrogen-bond donors (Lipinski definition) is 2. The molecule has 0 aromatic carbocycles. The molecule has 0 bridgehead atoms. The second-order valence-electron chi connectivity index (χ2n) is 4.06. The fourth-order valence-electron chi connectivity index (χ4n) is 1.91. The molecule has 7 heteroatoms. The lowest BCUT2D eigenvalue weighted by molar-refractivity contribution is 0.0651. The molecule has 0 fully saturated rings. The van der Waals surface area contributed by atoms with E-state index in [9.17, 15) is 19.5 Å². The Hall–Kier alpha value is -2.96. The fourth-order valence-corrected chi connectivity index (χ4v) is 1.91. The second kappa shape index (κ2) is 4.96. The molecule has 0 atom stereocenters. The van der Waals surface area contributed by atoms with E-state index in [0.29, 0.717) is 5.56 Å². The molecule has 0 spiro atoms. The van der Waals surface area contributed by atoms with Gasteiger partial charge in [-0.05, 0) is 17.7 Å². The summed E-state index contributed by atoms with van der Waals surface area (Å²) in [6, 6.07) is 2.91. The highest BCUT2D eigenvalue weighted by Gasteiger charge is 2.25. The average molecular weight is 274 g/mol. The first kappa shape index (κ1) is 13.5. The van der Waals surface area contributed by atoms with Gasteiger partial charge >= 0.3 is 11.9 Å². The van der Waals surface area contributed by atoms with Crippen LogP contribution >= 0.6 is 0 Å². The van der Waals surface area contributed by atoms with Crippen LogP contribution in [0.3, 0.4) is 0 Å². The SMILES string of the molecule is Cn1cc(C(=O)O)c(C(=O)O)c(-c2ccncc2)c1=O. The van der Waals surface area contributed by atoms with Gasteiger partial charge in [0.25, 0.3) is 5.56 Å². The lowest BCUT2D eigenvalue weighted by Gasteiger charge is -2.11. The number of carboxylic acid groups (broad SMARTS) is 2. The number of nitrogens with zero attached hydrogens (tertiary/aromatic N) is 2. The Morgan fingerprint density at radius 2 is 1.75 bits per heavy atom. The van der Waals surface area contributed by atoms with Crippen LogP contribution in [-0.4, -0.2) is 31.7 Å². The highest BCUT2D eigenvalue weighted by Crippen LogP contribution is 2.22. The minimum Gasteiger partial charge on any atom is -0.478 e. The van der Waals surface area contributed by atoms with E-state index in [-0.39, 0.29) is 5.56 Å². The molecule has 20 heavy (non-hydrogen) atoms. The Bertz CT molecular complexity index is 749. The van der Waals surface area contributed by atoms with Crippen LogP contribution in [0.15, 0.2) is 35.5 Å². The maximum absolute atomic E-state index is 12.2. The van der Waals surface area contributed by atoms with Gasteiger partial charge in [-0.3, -0.25) is 9.78 Å². The van der Waals surface area contributed by atoms with Crippen LogP contribution in [0.1, 0.15) is 20.7 Å². The highest BCUT2D eigenvalue weighted by atomic mass is 16.4. The molecule has 2 aromatic heterocycles. The third-order valence-electron chi connectivity index (χ3n) is 2.79. The molecule has 0 radical (unpaired) electrons. The van der Waals surface area contributed by atoms with Crippen LogP contribution in [0.5, 0.6) is 0 Å². The number of pyridine rings is 2. The minimum atomic E-state index is -1.47. The van der Waals surface area contributed by atoms with Crippen LogP contribution in [0.25, 0.3) is 11.1 Å². The zero-order valence-corrected chi connectivity index (χ0v) is 10.4. The van der Waals surface area contributed by atoms with Crippen LogP contribution in [0.4, 0.5) is 0 Å². The van der Waals surface area contributed by atoms with Gasteiger partial charge in [0.1, 0.15) is 0 Å². The van der Waals surface area contributed by atoms with E-state index in [1.54, 1.807) is 0 Å². The molecule has 0 aliphatic carbocycles. The number of carboxylic acids is 2. The van der Waals surface area contributed by atoms with Crippen molar-refractivity contribution in [3.63, 3.8) is 0 Å². The molecule has 0 unspecified atom stereocenters.